The maximum absolute atomic E-state index is 12.0. The fourth-order valence-electron chi connectivity index (χ4n) is 2.71. The summed E-state index contributed by atoms with van der Waals surface area (Å²) < 4.78 is 0. The maximum Gasteiger partial charge on any atom is 0.317 e. The van der Waals surface area contributed by atoms with Gasteiger partial charge in [0, 0.05) is 17.0 Å². The van der Waals surface area contributed by atoms with Crippen molar-refractivity contribution in [3.63, 3.8) is 0 Å². The standard InChI is InChI=1S/C15H23N3O3S/c1-3-18(9-14(19)20)12-7-11(8-12)17-15(21)16-10(2)13-5-4-6-22-13/h4-6,10-12H,3,7-9H2,1-2H3,(H,19,20)(H2,16,17,21). The highest BCUT2D eigenvalue weighted by Gasteiger charge is 2.34. The molecule has 0 saturated heterocycles. The van der Waals surface area contributed by atoms with Gasteiger partial charge in [-0.25, -0.2) is 4.79 Å². The molecule has 0 bridgehead atoms. The van der Waals surface area contributed by atoms with Crippen LogP contribution in [0.5, 0.6) is 0 Å². The summed E-state index contributed by atoms with van der Waals surface area (Å²) in [6.07, 6.45) is 1.61. The van der Waals surface area contributed by atoms with E-state index in [4.69, 9.17) is 5.11 Å². The lowest BCUT2D eigenvalue weighted by molar-refractivity contribution is -0.139. The van der Waals surface area contributed by atoms with Gasteiger partial charge in [0.15, 0.2) is 0 Å². The number of carbonyl (C=O) groups is 2. The highest BCUT2D eigenvalue weighted by atomic mass is 32.1. The average Bonchev–Trinajstić information content (AvgIpc) is 2.94. The Morgan fingerprint density at radius 2 is 2.23 bits per heavy atom. The van der Waals surface area contributed by atoms with E-state index in [1.54, 1.807) is 11.3 Å². The van der Waals surface area contributed by atoms with Gasteiger partial charge in [-0.15, -0.1) is 11.3 Å². The first-order chi connectivity index (χ1) is 10.5. The minimum Gasteiger partial charge on any atom is -0.480 e. The lowest BCUT2D eigenvalue weighted by Crippen LogP contribution is -2.56. The molecule has 1 aromatic heterocycles. The summed E-state index contributed by atoms with van der Waals surface area (Å²) in [6, 6.07) is 4.18. The predicted molar refractivity (Wildman–Crippen MR) is 86.1 cm³/mol. The van der Waals surface area contributed by atoms with Gasteiger partial charge in [-0.2, -0.15) is 0 Å². The average molecular weight is 325 g/mol. The van der Waals surface area contributed by atoms with Crippen molar-refractivity contribution in [2.45, 2.75) is 44.8 Å². The van der Waals surface area contributed by atoms with Crippen molar-refractivity contribution in [3.05, 3.63) is 22.4 Å². The van der Waals surface area contributed by atoms with Crippen molar-refractivity contribution in [2.75, 3.05) is 13.1 Å². The molecule has 1 aliphatic carbocycles. The molecule has 1 unspecified atom stereocenters. The molecule has 1 aromatic rings. The topological polar surface area (TPSA) is 81.7 Å². The van der Waals surface area contributed by atoms with Crippen LogP contribution in [0, 0.1) is 0 Å². The molecule has 1 saturated carbocycles. The summed E-state index contributed by atoms with van der Waals surface area (Å²) in [5.41, 5.74) is 0. The molecule has 0 radical (unpaired) electrons. The smallest absolute Gasteiger partial charge is 0.317 e. The molecule has 122 valence electrons. The number of rotatable bonds is 7. The second-order valence-electron chi connectivity index (χ2n) is 5.63. The van der Waals surface area contributed by atoms with Crippen LogP contribution in [-0.2, 0) is 4.79 Å². The molecular weight excluding hydrogens is 302 g/mol. The van der Waals surface area contributed by atoms with E-state index in [-0.39, 0.29) is 30.7 Å². The van der Waals surface area contributed by atoms with Crippen LogP contribution in [0.1, 0.15) is 37.6 Å². The van der Waals surface area contributed by atoms with Gasteiger partial charge in [-0.05, 0) is 37.8 Å². The number of carbonyl (C=O) groups excluding carboxylic acids is 1. The highest BCUT2D eigenvalue weighted by molar-refractivity contribution is 7.10. The summed E-state index contributed by atoms with van der Waals surface area (Å²) in [5.74, 6) is -0.805. The van der Waals surface area contributed by atoms with Gasteiger partial charge in [-0.1, -0.05) is 13.0 Å². The van der Waals surface area contributed by atoms with E-state index < -0.39 is 5.97 Å². The molecule has 6 nitrogen and oxygen atoms in total. The van der Waals surface area contributed by atoms with Gasteiger partial charge in [0.25, 0.3) is 0 Å². The summed E-state index contributed by atoms with van der Waals surface area (Å²) >= 11 is 1.62. The number of hydrogen-bond donors (Lipinski definition) is 3. The molecule has 1 heterocycles. The molecule has 1 aliphatic rings. The van der Waals surface area contributed by atoms with Crippen LogP contribution in [0.2, 0.25) is 0 Å². The maximum atomic E-state index is 12.0. The van der Waals surface area contributed by atoms with Gasteiger partial charge >= 0.3 is 12.0 Å². The molecule has 0 spiro atoms. The van der Waals surface area contributed by atoms with E-state index in [9.17, 15) is 9.59 Å². The third-order valence-electron chi connectivity index (χ3n) is 4.03. The zero-order valence-corrected chi connectivity index (χ0v) is 13.7. The van der Waals surface area contributed by atoms with E-state index >= 15 is 0 Å². The van der Waals surface area contributed by atoms with Crippen molar-refractivity contribution in [2.24, 2.45) is 0 Å². The van der Waals surface area contributed by atoms with E-state index in [1.165, 1.54) is 0 Å². The molecule has 0 aliphatic heterocycles. The van der Waals surface area contributed by atoms with E-state index in [0.717, 1.165) is 17.7 Å². The number of amides is 2. The quantitative estimate of drug-likeness (QED) is 0.716. The number of nitrogens with one attached hydrogen (secondary N) is 2. The first-order valence-electron chi connectivity index (χ1n) is 7.55. The van der Waals surface area contributed by atoms with Crippen molar-refractivity contribution in [1.82, 2.24) is 15.5 Å². The van der Waals surface area contributed by atoms with E-state index in [2.05, 4.69) is 10.6 Å². The van der Waals surface area contributed by atoms with Gasteiger partial charge in [0.2, 0.25) is 0 Å². The van der Waals surface area contributed by atoms with E-state index in [1.807, 2.05) is 36.3 Å². The number of hydrogen-bond acceptors (Lipinski definition) is 4. The monoisotopic (exact) mass is 325 g/mol. The van der Waals surface area contributed by atoms with Crippen LogP contribution >= 0.6 is 11.3 Å². The lowest BCUT2D eigenvalue weighted by atomic mass is 9.85. The Hall–Kier alpha value is -1.60. The largest absolute Gasteiger partial charge is 0.480 e. The SMILES string of the molecule is CCN(CC(=O)O)C1CC(NC(=O)NC(C)c2cccs2)C1. The second-order valence-corrected chi connectivity index (χ2v) is 6.61. The number of thiophene rings is 1. The number of carboxylic acid groups (broad SMARTS) is 1. The summed E-state index contributed by atoms with van der Waals surface area (Å²) in [6.45, 7) is 4.70. The van der Waals surface area contributed by atoms with Gasteiger partial charge in [0.1, 0.15) is 0 Å². The van der Waals surface area contributed by atoms with Crippen LogP contribution < -0.4 is 10.6 Å². The number of aliphatic carboxylic acids is 1. The molecule has 2 amide bonds. The Kier molecular flexibility index (Phi) is 5.79. The van der Waals surface area contributed by atoms with Crippen molar-refractivity contribution < 1.29 is 14.7 Å². The van der Waals surface area contributed by atoms with Crippen molar-refractivity contribution in [3.8, 4) is 0 Å². The second kappa shape index (κ2) is 7.60. The van der Waals surface area contributed by atoms with Crippen LogP contribution in [-0.4, -0.2) is 47.2 Å². The first-order valence-corrected chi connectivity index (χ1v) is 8.43. The zero-order chi connectivity index (χ0) is 16.1. The minimum atomic E-state index is -0.805. The van der Waals surface area contributed by atoms with E-state index in [0.29, 0.717) is 6.54 Å². The van der Waals surface area contributed by atoms with Crippen molar-refractivity contribution in [1.29, 1.82) is 0 Å². The number of nitrogens with zero attached hydrogens (tertiary/aromatic N) is 1. The summed E-state index contributed by atoms with van der Waals surface area (Å²) in [4.78, 5) is 25.8. The fourth-order valence-corrected chi connectivity index (χ4v) is 3.44. The van der Waals surface area contributed by atoms with Crippen LogP contribution in [0.3, 0.4) is 0 Å². The molecular formula is C15H23N3O3S. The zero-order valence-electron chi connectivity index (χ0n) is 12.9. The number of carboxylic acids is 1. The molecule has 1 fully saturated rings. The summed E-state index contributed by atoms with van der Waals surface area (Å²) in [7, 11) is 0. The van der Waals surface area contributed by atoms with Gasteiger partial charge in [-0.3, -0.25) is 9.69 Å². The molecule has 2 rings (SSSR count). The lowest BCUT2D eigenvalue weighted by Gasteiger charge is -2.42. The fraction of sp³-hybridized carbons (Fsp3) is 0.600. The highest BCUT2D eigenvalue weighted by Crippen LogP contribution is 2.25. The number of likely N-dealkylation sites (N-methyl/N-ethyl adjacent to an activating group) is 1. The van der Waals surface area contributed by atoms with Crippen molar-refractivity contribution >= 4 is 23.3 Å². The molecule has 22 heavy (non-hydrogen) atoms. The number of urea groups is 1. The van der Waals surface area contributed by atoms with Gasteiger partial charge in [0.05, 0.1) is 12.6 Å². The molecule has 0 aromatic carbocycles. The third kappa shape index (κ3) is 4.45. The summed E-state index contributed by atoms with van der Waals surface area (Å²) in [5, 5.41) is 16.7. The van der Waals surface area contributed by atoms with Crippen LogP contribution in [0.4, 0.5) is 4.79 Å². The third-order valence-corrected chi connectivity index (χ3v) is 5.08. The Labute approximate surface area is 134 Å². The minimum absolute atomic E-state index is 0.00461. The predicted octanol–water partition coefficient (Wildman–Crippen LogP) is 2.05. The Morgan fingerprint density at radius 3 is 2.77 bits per heavy atom. The van der Waals surface area contributed by atoms with Crippen LogP contribution in [0.25, 0.3) is 0 Å². The Balaban J connectivity index is 1.70. The first kappa shape index (κ1) is 16.8. The van der Waals surface area contributed by atoms with Crippen LogP contribution in [0.15, 0.2) is 17.5 Å². The Morgan fingerprint density at radius 1 is 1.50 bits per heavy atom. The normalized spacial score (nSPS) is 22.0. The molecule has 3 N–H and O–H groups in total. The molecule has 1 atom stereocenters. The van der Waals surface area contributed by atoms with Gasteiger partial charge < -0.3 is 15.7 Å². The Bertz CT molecular complexity index is 500. The molecule has 7 heteroatoms.